The highest BCUT2D eigenvalue weighted by Gasteiger charge is 1.94. The Morgan fingerprint density at radius 2 is 2.00 bits per heavy atom. The third-order valence-electron chi connectivity index (χ3n) is 1.43. The molecule has 0 saturated carbocycles. The second-order valence-corrected chi connectivity index (χ2v) is 2.31. The molecule has 0 bridgehead atoms. The number of carbonyl (C=O) groups excluding carboxylic acids is 1. The van der Waals surface area contributed by atoms with Crippen molar-refractivity contribution in [2.24, 2.45) is 5.84 Å². The van der Waals surface area contributed by atoms with Gasteiger partial charge in [0, 0.05) is 6.54 Å². The molecule has 0 aliphatic heterocycles. The summed E-state index contributed by atoms with van der Waals surface area (Å²) in [4.78, 5) is 10.6. The van der Waals surface area contributed by atoms with E-state index in [9.17, 15) is 4.79 Å². The average molecular weight is 165 g/mol. The first-order valence-electron chi connectivity index (χ1n) is 3.61. The second kappa shape index (κ2) is 4.35. The van der Waals surface area contributed by atoms with E-state index in [-0.39, 0.29) is 6.03 Å². The zero-order chi connectivity index (χ0) is 8.81. The number of carbonyl (C=O) groups is 1. The van der Waals surface area contributed by atoms with Gasteiger partial charge in [0.05, 0.1) is 0 Å². The Morgan fingerprint density at radius 3 is 2.58 bits per heavy atom. The largest absolute Gasteiger partial charge is 0.333 e. The molecule has 4 N–H and O–H groups in total. The second-order valence-electron chi connectivity index (χ2n) is 2.31. The van der Waals surface area contributed by atoms with Gasteiger partial charge in [0.25, 0.3) is 0 Å². The number of hydrogen-bond donors (Lipinski definition) is 3. The molecule has 0 fully saturated rings. The summed E-state index contributed by atoms with van der Waals surface area (Å²) >= 11 is 0. The smallest absolute Gasteiger partial charge is 0.329 e. The molecule has 0 aliphatic rings. The first kappa shape index (κ1) is 8.55. The van der Waals surface area contributed by atoms with Crippen molar-refractivity contribution in [1.82, 2.24) is 10.7 Å². The summed E-state index contributed by atoms with van der Waals surface area (Å²) in [5.74, 6) is 4.87. The maximum Gasteiger partial charge on any atom is 0.329 e. The number of hydrazine groups is 1. The van der Waals surface area contributed by atoms with Crippen LogP contribution in [0.15, 0.2) is 30.3 Å². The molecular weight excluding hydrogens is 154 g/mol. The minimum absolute atomic E-state index is 0.376. The maximum atomic E-state index is 10.6. The molecule has 0 atom stereocenters. The summed E-state index contributed by atoms with van der Waals surface area (Å²) < 4.78 is 0. The highest BCUT2D eigenvalue weighted by molar-refractivity contribution is 5.72. The Bertz CT molecular complexity index is 248. The Kier molecular flexibility index (Phi) is 3.10. The molecule has 0 heterocycles. The first-order chi connectivity index (χ1) is 5.83. The molecular formula is C8H11N3O. The number of benzene rings is 1. The first-order valence-corrected chi connectivity index (χ1v) is 3.61. The Morgan fingerprint density at radius 1 is 1.33 bits per heavy atom. The van der Waals surface area contributed by atoms with E-state index in [1.54, 1.807) is 0 Å². The standard InChI is InChI=1S/C8H11N3O/c9-11-8(12)10-6-7-4-2-1-3-5-7/h1-5H,6,9H2,(H2,10,11,12). The predicted octanol–water partition coefficient (Wildman–Crippen LogP) is 0.359. The van der Waals surface area contributed by atoms with E-state index in [0.29, 0.717) is 6.54 Å². The van der Waals surface area contributed by atoms with Gasteiger partial charge in [-0.05, 0) is 5.56 Å². The van der Waals surface area contributed by atoms with Crippen LogP contribution in [0, 0.1) is 0 Å². The van der Waals surface area contributed by atoms with Gasteiger partial charge in [-0.15, -0.1) is 0 Å². The lowest BCUT2D eigenvalue weighted by molar-refractivity contribution is 0.241. The number of hydrogen-bond acceptors (Lipinski definition) is 2. The SMILES string of the molecule is NNC(=O)NCc1ccccc1. The fourth-order valence-electron chi connectivity index (χ4n) is 0.829. The molecule has 0 spiro atoms. The van der Waals surface area contributed by atoms with Gasteiger partial charge in [0.15, 0.2) is 0 Å². The quantitative estimate of drug-likeness (QED) is 0.336. The highest BCUT2D eigenvalue weighted by atomic mass is 16.2. The van der Waals surface area contributed by atoms with E-state index < -0.39 is 0 Å². The van der Waals surface area contributed by atoms with Crippen molar-refractivity contribution in [2.45, 2.75) is 6.54 Å². The van der Waals surface area contributed by atoms with Gasteiger partial charge in [0.1, 0.15) is 0 Å². The van der Waals surface area contributed by atoms with Crippen LogP contribution in [0.5, 0.6) is 0 Å². The van der Waals surface area contributed by atoms with Gasteiger partial charge in [-0.1, -0.05) is 30.3 Å². The topological polar surface area (TPSA) is 67.1 Å². The Balaban J connectivity index is 2.38. The Labute approximate surface area is 70.7 Å². The monoisotopic (exact) mass is 165 g/mol. The van der Waals surface area contributed by atoms with Gasteiger partial charge < -0.3 is 5.32 Å². The van der Waals surface area contributed by atoms with Crippen molar-refractivity contribution in [3.05, 3.63) is 35.9 Å². The normalized spacial score (nSPS) is 9.08. The molecule has 0 aliphatic carbocycles. The molecule has 1 aromatic carbocycles. The predicted molar refractivity (Wildman–Crippen MR) is 46.0 cm³/mol. The molecule has 0 saturated heterocycles. The number of amides is 2. The molecule has 0 aromatic heterocycles. The third-order valence-corrected chi connectivity index (χ3v) is 1.43. The summed E-state index contributed by atoms with van der Waals surface area (Å²) in [6.07, 6.45) is 0. The van der Waals surface area contributed by atoms with Crippen LogP contribution in [0.1, 0.15) is 5.56 Å². The van der Waals surface area contributed by atoms with Gasteiger partial charge in [-0.25, -0.2) is 10.6 Å². The average Bonchev–Trinajstić information content (AvgIpc) is 2.16. The van der Waals surface area contributed by atoms with E-state index in [1.165, 1.54) is 0 Å². The zero-order valence-electron chi connectivity index (χ0n) is 6.58. The van der Waals surface area contributed by atoms with E-state index in [2.05, 4.69) is 5.32 Å². The summed E-state index contributed by atoms with van der Waals surface area (Å²) in [7, 11) is 0. The summed E-state index contributed by atoms with van der Waals surface area (Å²) in [5, 5.41) is 2.57. The van der Waals surface area contributed by atoms with Gasteiger partial charge in [-0.2, -0.15) is 0 Å². The molecule has 1 rings (SSSR count). The number of nitrogens with two attached hydrogens (primary N) is 1. The molecule has 12 heavy (non-hydrogen) atoms. The molecule has 4 nitrogen and oxygen atoms in total. The zero-order valence-corrected chi connectivity index (χ0v) is 6.58. The van der Waals surface area contributed by atoms with E-state index in [1.807, 2.05) is 35.8 Å². The van der Waals surface area contributed by atoms with E-state index in [4.69, 9.17) is 5.84 Å². The van der Waals surface area contributed by atoms with Crippen LogP contribution in [-0.4, -0.2) is 6.03 Å². The summed E-state index contributed by atoms with van der Waals surface area (Å²) in [5.41, 5.74) is 3.03. The number of urea groups is 1. The highest BCUT2D eigenvalue weighted by Crippen LogP contribution is 1.96. The number of rotatable bonds is 2. The molecule has 1 aromatic rings. The van der Waals surface area contributed by atoms with Crippen LogP contribution < -0.4 is 16.6 Å². The van der Waals surface area contributed by atoms with Crippen LogP contribution in [0.3, 0.4) is 0 Å². The van der Waals surface area contributed by atoms with Crippen molar-refractivity contribution in [1.29, 1.82) is 0 Å². The Hall–Kier alpha value is -1.55. The fourth-order valence-corrected chi connectivity index (χ4v) is 0.829. The van der Waals surface area contributed by atoms with E-state index >= 15 is 0 Å². The third kappa shape index (κ3) is 2.59. The lowest BCUT2D eigenvalue weighted by atomic mass is 10.2. The fraction of sp³-hybridized carbons (Fsp3) is 0.125. The molecule has 0 radical (unpaired) electrons. The molecule has 4 heteroatoms. The van der Waals surface area contributed by atoms with Gasteiger partial charge in [0.2, 0.25) is 0 Å². The van der Waals surface area contributed by atoms with Crippen molar-refractivity contribution in [3.63, 3.8) is 0 Å². The summed E-state index contributed by atoms with van der Waals surface area (Å²) in [6, 6.07) is 9.23. The van der Waals surface area contributed by atoms with Crippen molar-refractivity contribution in [3.8, 4) is 0 Å². The van der Waals surface area contributed by atoms with Gasteiger partial charge >= 0.3 is 6.03 Å². The lowest BCUT2D eigenvalue weighted by Gasteiger charge is -2.02. The minimum Gasteiger partial charge on any atom is -0.333 e. The minimum atomic E-state index is -0.376. The van der Waals surface area contributed by atoms with Crippen LogP contribution in [0.2, 0.25) is 0 Å². The summed E-state index contributed by atoms with van der Waals surface area (Å²) in [6.45, 7) is 0.490. The molecule has 64 valence electrons. The van der Waals surface area contributed by atoms with Gasteiger partial charge in [-0.3, -0.25) is 5.43 Å². The number of nitrogens with one attached hydrogen (secondary N) is 2. The van der Waals surface area contributed by atoms with Crippen molar-refractivity contribution >= 4 is 6.03 Å². The van der Waals surface area contributed by atoms with Crippen molar-refractivity contribution < 1.29 is 4.79 Å². The maximum absolute atomic E-state index is 10.6. The van der Waals surface area contributed by atoms with Crippen molar-refractivity contribution in [2.75, 3.05) is 0 Å². The lowest BCUT2D eigenvalue weighted by Crippen LogP contribution is -2.39. The van der Waals surface area contributed by atoms with Crippen LogP contribution in [0.25, 0.3) is 0 Å². The van der Waals surface area contributed by atoms with E-state index in [0.717, 1.165) is 5.56 Å². The molecule has 0 unspecified atom stereocenters. The van der Waals surface area contributed by atoms with Crippen LogP contribution in [0.4, 0.5) is 4.79 Å². The van der Waals surface area contributed by atoms with Crippen LogP contribution >= 0.6 is 0 Å². The van der Waals surface area contributed by atoms with Crippen LogP contribution in [-0.2, 0) is 6.54 Å². The molecule has 2 amide bonds.